The van der Waals surface area contributed by atoms with E-state index in [2.05, 4.69) is 5.32 Å². The van der Waals surface area contributed by atoms with Crippen LogP contribution in [0.3, 0.4) is 0 Å². The summed E-state index contributed by atoms with van der Waals surface area (Å²) in [5, 5.41) is 3.38. The van der Waals surface area contributed by atoms with E-state index in [1.54, 1.807) is 0 Å². The Morgan fingerprint density at radius 3 is 2.57 bits per heavy atom. The van der Waals surface area contributed by atoms with Crippen LogP contribution < -0.4 is 5.32 Å². The first-order valence-corrected chi connectivity index (χ1v) is 8.92. The van der Waals surface area contributed by atoms with Gasteiger partial charge in [-0.1, -0.05) is 18.5 Å². The van der Waals surface area contributed by atoms with Crippen molar-refractivity contribution in [3.63, 3.8) is 0 Å². The van der Waals surface area contributed by atoms with Crippen molar-refractivity contribution in [3.8, 4) is 0 Å². The molecule has 7 heteroatoms. The van der Waals surface area contributed by atoms with Gasteiger partial charge in [-0.2, -0.15) is 4.31 Å². The summed E-state index contributed by atoms with van der Waals surface area (Å²) in [5.41, 5.74) is 0. The number of benzene rings is 1. The van der Waals surface area contributed by atoms with E-state index >= 15 is 0 Å². The zero-order valence-electron chi connectivity index (χ0n) is 12.0. The van der Waals surface area contributed by atoms with Gasteiger partial charge < -0.3 is 5.32 Å². The van der Waals surface area contributed by atoms with E-state index in [0.29, 0.717) is 19.0 Å². The van der Waals surface area contributed by atoms with Crippen LogP contribution in [0.4, 0.5) is 4.39 Å². The highest BCUT2D eigenvalue weighted by Gasteiger charge is 2.29. The second kappa shape index (κ2) is 7.05. The first-order chi connectivity index (χ1) is 9.93. The molecule has 1 N–H and O–H groups in total. The maximum atomic E-state index is 13.4. The van der Waals surface area contributed by atoms with Crippen LogP contribution in [0.15, 0.2) is 23.1 Å². The molecule has 0 bridgehead atoms. The third kappa shape index (κ3) is 4.16. The molecule has 1 aromatic carbocycles. The Morgan fingerprint density at radius 2 is 2.00 bits per heavy atom. The van der Waals surface area contributed by atoms with Crippen molar-refractivity contribution < 1.29 is 12.8 Å². The molecule has 118 valence electrons. The molecular weight excluding hydrogens is 315 g/mol. The van der Waals surface area contributed by atoms with E-state index in [9.17, 15) is 12.8 Å². The van der Waals surface area contributed by atoms with Crippen LogP contribution >= 0.6 is 11.6 Å². The fourth-order valence-electron chi connectivity index (χ4n) is 2.53. The second-order valence-electron chi connectivity index (χ2n) is 5.26. The van der Waals surface area contributed by atoms with E-state index in [0.717, 1.165) is 38.1 Å². The summed E-state index contributed by atoms with van der Waals surface area (Å²) in [6.45, 7) is 4.81. The zero-order valence-corrected chi connectivity index (χ0v) is 13.6. The van der Waals surface area contributed by atoms with Gasteiger partial charge in [0.25, 0.3) is 0 Å². The standard InChI is InChI=1S/C14H20ClFN2O2S/c1-2-17-10-11-3-5-18(6-4-11)21(19,20)14-8-12(15)7-13(16)9-14/h7-9,11,17H,2-6,10H2,1H3. The monoisotopic (exact) mass is 334 g/mol. The van der Waals surface area contributed by atoms with Crippen molar-refractivity contribution >= 4 is 21.6 Å². The Labute approximate surface area is 130 Å². The predicted molar refractivity (Wildman–Crippen MR) is 81.4 cm³/mol. The largest absolute Gasteiger partial charge is 0.317 e. The van der Waals surface area contributed by atoms with Crippen LogP contribution in [0.1, 0.15) is 19.8 Å². The van der Waals surface area contributed by atoms with Crippen molar-refractivity contribution in [2.45, 2.75) is 24.7 Å². The van der Waals surface area contributed by atoms with Crippen molar-refractivity contribution in [1.82, 2.24) is 9.62 Å². The molecule has 1 aliphatic rings. The molecule has 1 fully saturated rings. The number of rotatable bonds is 5. The Kier molecular flexibility index (Phi) is 5.60. The van der Waals surface area contributed by atoms with E-state index < -0.39 is 15.8 Å². The number of nitrogens with zero attached hydrogens (tertiary/aromatic N) is 1. The number of sulfonamides is 1. The molecule has 2 rings (SSSR count). The van der Waals surface area contributed by atoms with E-state index in [4.69, 9.17) is 11.6 Å². The van der Waals surface area contributed by atoms with Crippen LogP contribution in [-0.4, -0.2) is 38.9 Å². The molecule has 4 nitrogen and oxygen atoms in total. The van der Waals surface area contributed by atoms with Gasteiger partial charge in [0.1, 0.15) is 5.82 Å². The first-order valence-electron chi connectivity index (χ1n) is 7.10. The molecular formula is C14H20ClFN2O2S. The lowest BCUT2D eigenvalue weighted by atomic mass is 9.98. The number of piperidine rings is 1. The molecule has 0 atom stereocenters. The highest BCUT2D eigenvalue weighted by atomic mass is 35.5. The van der Waals surface area contributed by atoms with Gasteiger partial charge in [-0.05, 0) is 50.0 Å². The highest BCUT2D eigenvalue weighted by molar-refractivity contribution is 7.89. The van der Waals surface area contributed by atoms with Crippen molar-refractivity contribution in [2.75, 3.05) is 26.2 Å². The molecule has 0 radical (unpaired) electrons. The van der Waals surface area contributed by atoms with Crippen LogP contribution in [0, 0.1) is 11.7 Å². The minimum absolute atomic E-state index is 0.0716. The first kappa shape index (κ1) is 16.7. The van der Waals surface area contributed by atoms with Gasteiger partial charge in [0.2, 0.25) is 10.0 Å². The summed E-state index contributed by atoms with van der Waals surface area (Å²) < 4.78 is 39.8. The Morgan fingerprint density at radius 1 is 1.33 bits per heavy atom. The minimum Gasteiger partial charge on any atom is -0.317 e. The summed E-state index contributed by atoms with van der Waals surface area (Å²) in [5.74, 6) is -0.143. The second-order valence-corrected chi connectivity index (χ2v) is 7.63. The van der Waals surface area contributed by atoms with Gasteiger partial charge in [0, 0.05) is 18.1 Å². The highest BCUT2D eigenvalue weighted by Crippen LogP contribution is 2.25. The topological polar surface area (TPSA) is 49.4 Å². The van der Waals surface area contributed by atoms with Gasteiger partial charge in [0.15, 0.2) is 0 Å². The lowest BCUT2D eigenvalue weighted by Crippen LogP contribution is -2.40. The van der Waals surface area contributed by atoms with Crippen molar-refractivity contribution in [2.24, 2.45) is 5.92 Å². The Bertz CT molecular complexity index is 566. The molecule has 0 saturated carbocycles. The normalized spacial score (nSPS) is 18.0. The molecule has 1 aromatic rings. The molecule has 0 spiro atoms. The minimum atomic E-state index is -3.66. The SMILES string of the molecule is CCNCC1CCN(S(=O)(=O)c2cc(F)cc(Cl)c2)CC1. The lowest BCUT2D eigenvalue weighted by Gasteiger charge is -2.31. The number of hydrogen-bond donors (Lipinski definition) is 1. The molecule has 1 aliphatic heterocycles. The van der Waals surface area contributed by atoms with Crippen molar-refractivity contribution in [1.29, 1.82) is 0 Å². The van der Waals surface area contributed by atoms with Gasteiger partial charge in [-0.3, -0.25) is 0 Å². The van der Waals surface area contributed by atoms with E-state index in [1.165, 1.54) is 10.4 Å². The number of halogens is 2. The third-order valence-corrected chi connectivity index (χ3v) is 5.82. The van der Waals surface area contributed by atoms with Gasteiger partial charge in [-0.25, -0.2) is 12.8 Å². The summed E-state index contributed by atoms with van der Waals surface area (Å²) >= 11 is 5.74. The molecule has 1 heterocycles. The average Bonchev–Trinajstić information content (AvgIpc) is 2.44. The maximum Gasteiger partial charge on any atom is 0.243 e. The van der Waals surface area contributed by atoms with Gasteiger partial charge >= 0.3 is 0 Å². The molecule has 0 aliphatic carbocycles. The summed E-state index contributed by atoms with van der Waals surface area (Å²) in [4.78, 5) is -0.0716. The van der Waals surface area contributed by atoms with E-state index in [1.807, 2.05) is 6.92 Å². The van der Waals surface area contributed by atoms with Gasteiger partial charge in [-0.15, -0.1) is 0 Å². The predicted octanol–water partition coefficient (Wildman–Crippen LogP) is 2.49. The zero-order chi connectivity index (χ0) is 15.5. The fourth-order valence-corrected chi connectivity index (χ4v) is 4.34. The van der Waals surface area contributed by atoms with E-state index in [-0.39, 0.29) is 9.92 Å². The number of nitrogens with one attached hydrogen (secondary N) is 1. The molecule has 21 heavy (non-hydrogen) atoms. The Balaban J connectivity index is 2.07. The van der Waals surface area contributed by atoms with Gasteiger partial charge in [0.05, 0.1) is 4.90 Å². The third-order valence-electron chi connectivity index (χ3n) is 3.73. The summed E-state index contributed by atoms with van der Waals surface area (Å²) in [7, 11) is -3.66. The molecule has 1 saturated heterocycles. The van der Waals surface area contributed by atoms with Crippen LogP contribution in [-0.2, 0) is 10.0 Å². The van der Waals surface area contributed by atoms with Crippen molar-refractivity contribution in [3.05, 3.63) is 29.0 Å². The fraction of sp³-hybridized carbons (Fsp3) is 0.571. The maximum absolute atomic E-state index is 13.4. The van der Waals surface area contributed by atoms with Crippen LogP contribution in [0.2, 0.25) is 5.02 Å². The lowest BCUT2D eigenvalue weighted by molar-refractivity contribution is 0.268. The quantitative estimate of drug-likeness (QED) is 0.900. The summed E-state index contributed by atoms with van der Waals surface area (Å²) in [6, 6.07) is 3.42. The van der Waals surface area contributed by atoms with Crippen LogP contribution in [0.25, 0.3) is 0 Å². The molecule has 0 unspecified atom stereocenters. The molecule has 0 amide bonds. The average molecular weight is 335 g/mol. The number of hydrogen-bond acceptors (Lipinski definition) is 3. The smallest absolute Gasteiger partial charge is 0.243 e. The summed E-state index contributed by atoms with van der Waals surface area (Å²) in [6.07, 6.45) is 1.63. The Hall–Kier alpha value is -0.690. The van der Waals surface area contributed by atoms with Crippen LogP contribution in [0.5, 0.6) is 0 Å². The molecule has 0 aromatic heterocycles.